The van der Waals surface area contributed by atoms with Crippen LogP contribution < -0.4 is 10.1 Å². The van der Waals surface area contributed by atoms with E-state index in [2.05, 4.69) is 23.5 Å². The Labute approximate surface area is 227 Å². The number of likely N-dealkylation sites (tertiary alicyclic amines) is 1. The summed E-state index contributed by atoms with van der Waals surface area (Å²) < 4.78 is 5.34. The van der Waals surface area contributed by atoms with Gasteiger partial charge in [-0.15, -0.1) is 0 Å². The number of hydrogen-bond donors (Lipinski definition) is 1. The largest absolute Gasteiger partial charge is 0.497 e. The highest BCUT2D eigenvalue weighted by Gasteiger charge is 2.57. The molecule has 0 radical (unpaired) electrons. The average Bonchev–Trinajstić information content (AvgIpc) is 3.25. The highest BCUT2D eigenvalue weighted by atomic mass is 35.5. The molecule has 4 aromatic carbocycles. The number of amidine groups is 1. The third-order valence-corrected chi connectivity index (χ3v) is 8.00. The molecule has 5 nitrogen and oxygen atoms in total. The number of ether oxygens (including phenoxy) is 1. The van der Waals surface area contributed by atoms with E-state index < -0.39 is 11.3 Å². The van der Waals surface area contributed by atoms with Crippen molar-refractivity contribution >= 4 is 34.7 Å². The Morgan fingerprint density at radius 3 is 2.42 bits per heavy atom. The molecular formula is C32H28ClN3O2. The zero-order valence-electron chi connectivity index (χ0n) is 21.1. The molecule has 1 amide bonds. The fourth-order valence-electron chi connectivity index (χ4n) is 5.82. The predicted molar refractivity (Wildman–Crippen MR) is 153 cm³/mol. The van der Waals surface area contributed by atoms with Crippen molar-refractivity contribution in [2.24, 2.45) is 4.99 Å². The summed E-state index contributed by atoms with van der Waals surface area (Å²) >= 11 is 6.82. The molecule has 0 bridgehead atoms. The third-order valence-electron chi connectivity index (χ3n) is 7.65. The highest BCUT2D eigenvalue weighted by molar-refractivity contribution is 6.32. The van der Waals surface area contributed by atoms with E-state index in [9.17, 15) is 4.79 Å². The molecule has 0 unspecified atom stereocenters. The van der Waals surface area contributed by atoms with Crippen LogP contribution in [0.1, 0.15) is 29.0 Å². The first-order valence-corrected chi connectivity index (χ1v) is 13.1. The maximum absolute atomic E-state index is 14.5. The molecule has 0 aliphatic carbocycles. The van der Waals surface area contributed by atoms with Gasteiger partial charge in [0.2, 0.25) is 5.91 Å². The van der Waals surface area contributed by atoms with Crippen LogP contribution in [0.2, 0.25) is 5.02 Å². The van der Waals surface area contributed by atoms with Crippen LogP contribution in [0.3, 0.4) is 0 Å². The van der Waals surface area contributed by atoms with Crippen LogP contribution in [0.15, 0.2) is 108 Å². The van der Waals surface area contributed by atoms with Crippen LogP contribution in [0.4, 0.5) is 11.4 Å². The summed E-state index contributed by atoms with van der Waals surface area (Å²) in [4.78, 5) is 21.5. The minimum absolute atomic E-state index is 0.0501. The van der Waals surface area contributed by atoms with Crippen LogP contribution in [0.25, 0.3) is 0 Å². The summed E-state index contributed by atoms with van der Waals surface area (Å²) in [6.07, 6.45) is 0.709. The summed E-state index contributed by atoms with van der Waals surface area (Å²) in [5.74, 6) is 1.05. The topological polar surface area (TPSA) is 53.9 Å². The van der Waals surface area contributed by atoms with Gasteiger partial charge in [0.05, 0.1) is 24.1 Å². The Balaban J connectivity index is 1.48. The van der Waals surface area contributed by atoms with Crippen molar-refractivity contribution in [3.05, 3.63) is 125 Å². The number of rotatable bonds is 5. The van der Waals surface area contributed by atoms with E-state index in [4.69, 9.17) is 21.3 Å². The quantitative estimate of drug-likeness (QED) is 0.309. The first-order chi connectivity index (χ1) is 18.6. The lowest BCUT2D eigenvalue weighted by Crippen LogP contribution is -2.56. The Morgan fingerprint density at radius 1 is 0.947 bits per heavy atom. The SMILES string of the molecule is COc1ccc(NC2=Nc3ccccc3[C@@]23CCN(Cc2ccccc2)C(=O)[C@@H]3c2ccccc2Cl)cc1. The van der Waals surface area contributed by atoms with Crippen LogP contribution in [0, 0.1) is 0 Å². The molecular weight excluding hydrogens is 494 g/mol. The maximum Gasteiger partial charge on any atom is 0.231 e. The normalized spacial score (nSPS) is 20.3. The number of fused-ring (bicyclic) bond motifs is 2. The Hall–Kier alpha value is -4.09. The highest BCUT2D eigenvalue weighted by Crippen LogP contribution is 2.54. The second-order valence-electron chi connectivity index (χ2n) is 9.75. The zero-order chi connectivity index (χ0) is 26.1. The van der Waals surface area contributed by atoms with Crippen LogP contribution >= 0.6 is 11.6 Å². The van der Waals surface area contributed by atoms with Gasteiger partial charge >= 0.3 is 0 Å². The zero-order valence-corrected chi connectivity index (χ0v) is 21.9. The second-order valence-corrected chi connectivity index (χ2v) is 10.2. The lowest BCUT2D eigenvalue weighted by atomic mass is 9.62. The molecule has 6 heteroatoms. The minimum atomic E-state index is -0.689. The number of carbonyl (C=O) groups excluding carboxylic acids is 1. The smallest absolute Gasteiger partial charge is 0.231 e. The van der Waals surface area contributed by atoms with Gasteiger partial charge in [-0.05, 0) is 59.5 Å². The molecule has 0 saturated carbocycles. The number of benzene rings is 4. The maximum atomic E-state index is 14.5. The monoisotopic (exact) mass is 521 g/mol. The van der Waals surface area contributed by atoms with Crippen molar-refractivity contribution in [1.29, 1.82) is 0 Å². The number of halogens is 1. The van der Waals surface area contributed by atoms with Gasteiger partial charge in [0.1, 0.15) is 11.6 Å². The van der Waals surface area contributed by atoms with Crippen molar-refractivity contribution in [2.45, 2.75) is 24.3 Å². The van der Waals surface area contributed by atoms with Gasteiger partial charge < -0.3 is 15.0 Å². The number of aliphatic imine (C=N–C) groups is 1. The Kier molecular flexibility index (Phi) is 6.38. The van der Waals surface area contributed by atoms with E-state index in [0.29, 0.717) is 24.5 Å². The fourth-order valence-corrected chi connectivity index (χ4v) is 6.06. The first-order valence-electron chi connectivity index (χ1n) is 12.8. The molecule has 1 saturated heterocycles. The number of anilines is 1. The van der Waals surface area contributed by atoms with Gasteiger partial charge in [0.15, 0.2) is 0 Å². The molecule has 1 spiro atoms. The van der Waals surface area contributed by atoms with Crippen molar-refractivity contribution in [3.63, 3.8) is 0 Å². The second kappa shape index (κ2) is 9.99. The van der Waals surface area contributed by atoms with Gasteiger partial charge in [0.25, 0.3) is 0 Å². The molecule has 4 aromatic rings. The number of carbonyl (C=O) groups is 1. The molecule has 1 fully saturated rings. The van der Waals surface area contributed by atoms with Crippen molar-refractivity contribution < 1.29 is 9.53 Å². The van der Waals surface area contributed by atoms with Crippen LogP contribution in [-0.4, -0.2) is 30.3 Å². The minimum Gasteiger partial charge on any atom is -0.497 e. The molecule has 2 aliphatic heterocycles. The number of para-hydroxylation sites is 1. The standard InChI is InChI=1S/C32H28ClN3O2/c1-38-24-17-15-23(16-18-24)34-31-32(26-12-6-8-14-28(26)35-31)19-20-36(21-22-9-3-2-4-10-22)30(37)29(32)25-11-5-7-13-27(25)33/h2-18,29H,19-21H2,1H3,(H,34,35)/t29-,32+/m0/s1. The Bertz CT molecular complexity index is 1500. The third kappa shape index (κ3) is 4.13. The number of methoxy groups -OCH3 is 1. The number of piperidine rings is 1. The number of amides is 1. The summed E-state index contributed by atoms with van der Waals surface area (Å²) in [6, 6.07) is 33.7. The van der Waals surface area contributed by atoms with Crippen LogP contribution in [-0.2, 0) is 16.8 Å². The number of hydrogen-bond acceptors (Lipinski definition) is 4. The van der Waals surface area contributed by atoms with Crippen molar-refractivity contribution in [1.82, 2.24) is 4.90 Å². The van der Waals surface area contributed by atoms with Gasteiger partial charge in [-0.1, -0.05) is 78.3 Å². The van der Waals surface area contributed by atoms with E-state index in [1.54, 1.807) is 7.11 Å². The first kappa shape index (κ1) is 24.3. The summed E-state index contributed by atoms with van der Waals surface area (Å²) in [5.41, 5.74) is 4.04. The summed E-state index contributed by atoms with van der Waals surface area (Å²) in [6.45, 7) is 1.16. The lowest BCUT2D eigenvalue weighted by molar-refractivity contribution is -0.137. The van der Waals surface area contributed by atoms with Crippen molar-refractivity contribution in [2.75, 3.05) is 19.0 Å². The van der Waals surface area contributed by atoms with E-state index in [1.807, 2.05) is 89.8 Å². The van der Waals surface area contributed by atoms with E-state index in [0.717, 1.165) is 39.7 Å². The summed E-state index contributed by atoms with van der Waals surface area (Å²) in [7, 11) is 1.65. The number of nitrogens with one attached hydrogen (secondary N) is 1. The van der Waals surface area contributed by atoms with Gasteiger partial charge in [-0.25, -0.2) is 4.99 Å². The van der Waals surface area contributed by atoms with Gasteiger partial charge in [-0.2, -0.15) is 0 Å². The molecule has 1 N–H and O–H groups in total. The molecule has 6 rings (SSSR count). The lowest BCUT2D eigenvalue weighted by Gasteiger charge is -2.46. The van der Waals surface area contributed by atoms with E-state index in [-0.39, 0.29) is 5.91 Å². The average molecular weight is 522 g/mol. The molecule has 38 heavy (non-hydrogen) atoms. The van der Waals surface area contributed by atoms with Gasteiger partial charge in [0, 0.05) is 23.8 Å². The molecule has 0 aromatic heterocycles. The van der Waals surface area contributed by atoms with Gasteiger partial charge in [-0.3, -0.25) is 4.79 Å². The fraction of sp³-hybridized carbons (Fsp3) is 0.188. The molecule has 190 valence electrons. The van der Waals surface area contributed by atoms with E-state index >= 15 is 0 Å². The summed E-state index contributed by atoms with van der Waals surface area (Å²) in [5, 5.41) is 4.17. The van der Waals surface area contributed by atoms with Crippen LogP contribution in [0.5, 0.6) is 5.75 Å². The molecule has 2 aliphatic rings. The van der Waals surface area contributed by atoms with Crippen molar-refractivity contribution in [3.8, 4) is 5.75 Å². The predicted octanol–water partition coefficient (Wildman–Crippen LogP) is 6.96. The number of nitrogens with zero attached hydrogens (tertiary/aromatic N) is 2. The van der Waals surface area contributed by atoms with E-state index in [1.165, 1.54) is 0 Å². The Morgan fingerprint density at radius 2 is 1.66 bits per heavy atom. The molecule has 2 heterocycles. The molecule has 2 atom stereocenters.